The molecule has 0 aromatic rings. The predicted octanol–water partition coefficient (Wildman–Crippen LogP) is 1.44. The minimum absolute atomic E-state index is 0.643. The van der Waals surface area contributed by atoms with Gasteiger partial charge in [0.25, 0.3) is 0 Å². The van der Waals surface area contributed by atoms with E-state index in [1.54, 1.807) is 0 Å². The Bertz CT molecular complexity index is 229. The fourth-order valence-corrected chi connectivity index (χ4v) is 4.51. The van der Waals surface area contributed by atoms with Gasteiger partial charge in [-0.3, -0.25) is 0 Å². The summed E-state index contributed by atoms with van der Waals surface area (Å²) in [6.07, 6.45) is 1.16. The third-order valence-corrected chi connectivity index (χ3v) is 5.06. The lowest BCUT2D eigenvalue weighted by molar-refractivity contribution is 0.0182. The first-order chi connectivity index (χ1) is 8.19. The summed E-state index contributed by atoms with van der Waals surface area (Å²) < 4.78 is 5.64. The third kappa shape index (κ3) is 3.85. The molecule has 2 fully saturated rings. The van der Waals surface area contributed by atoms with Gasteiger partial charge < -0.3 is 15.0 Å². The van der Waals surface area contributed by atoms with Crippen LogP contribution in [0.15, 0.2) is 0 Å². The van der Waals surface area contributed by atoms with Crippen LogP contribution in [0.4, 0.5) is 0 Å². The summed E-state index contributed by atoms with van der Waals surface area (Å²) in [5, 5.41) is 5.00. The lowest BCUT2D eigenvalue weighted by Gasteiger charge is -2.39. The minimum Gasteiger partial charge on any atom is -0.381 e. The topological polar surface area (TPSA) is 24.5 Å². The molecule has 0 amide bonds. The summed E-state index contributed by atoms with van der Waals surface area (Å²) in [5.41, 5.74) is 0. The van der Waals surface area contributed by atoms with Crippen LogP contribution in [0.2, 0.25) is 0 Å². The molecule has 0 radical (unpaired) electrons. The second-order valence-corrected chi connectivity index (χ2v) is 7.38. The van der Waals surface area contributed by atoms with E-state index >= 15 is 0 Å². The number of nitrogens with zero attached hydrogens (tertiary/aromatic N) is 1. The van der Waals surface area contributed by atoms with E-state index in [0.717, 1.165) is 30.1 Å². The van der Waals surface area contributed by atoms with Crippen molar-refractivity contribution in [2.24, 2.45) is 5.92 Å². The normalized spacial score (nSPS) is 40.4. The summed E-state index contributed by atoms with van der Waals surface area (Å²) in [6.45, 7) is 10.2. The van der Waals surface area contributed by atoms with Crippen molar-refractivity contribution in [1.82, 2.24) is 10.2 Å². The Morgan fingerprint density at radius 3 is 2.65 bits per heavy atom. The Balaban J connectivity index is 1.85. The molecule has 0 saturated carbocycles. The van der Waals surface area contributed by atoms with Crippen LogP contribution in [0.1, 0.15) is 20.3 Å². The lowest BCUT2D eigenvalue weighted by atomic mass is 9.95. The van der Waals surface area contributed by atoms with Crippen molar-refractivity contribution >= 4 is 11.8 Å². The number of rotatable bonds is 3. The van der Waals surface area contributed by atoms with Crippen LogP contribution < -0.4 is 5.32 Å². The second kappa shape index (κ2) is 6.41. The van der Waals surface area contributed by atoms with Crippen molar-refractivity contribution in [2.45, 2.75) is 36.8 Å². The first-order valence-corrected chi connectivity index (χ1v) is 7.76. The SMILES string of the molecule is CNC1CCOCC1CN1CC(C)SC(C)C1. The molecular weight excluding hydrogens is 232 g/mol. The van der Waals surface area contributed by atoms with Crippen molar-refractivity contribution in [3.63, 3.8) is 0 Å². The largest absolute Gasteiger partial charge is 0.381 e. The fraction of sp³-hybridized carbons (Fsp3) is 1.00. The Hall–Kier alpha value is 0.230. The molecular formula is C13H26N2OS. The molecule has 4 unspecified atom stereocenters. The van der Waals surface area contributed by atoms with Crippen LogP contribution >= 0.6 is 11.8 Å². The maximum atomic E-state index is 5.64. The average molecular weight is 258 g/mol. The number of thioether (sulfide) groups is 1. The molecule has 1 N–H and O–H groups in total. The number of hydrogen-bond donors (Lipinski definition) is 1. The molecule has 2 heterocycles. The van der Waals surface area contributed by atoms with Gasteiger partial charge in [-0.1, -0.05) is 13.8 Å². The summed E-state index contributed by atoms with van der Waals surface area (Å²) in [5.74, 6) is 0.663. The van der Waals surface area contributed by atoms with Crippen molar-refractivity contribution in [3.8, 4) is 0 Å². The van der Waals surface area contributed by atoms with Gasteiger partial charge in [0, 0.05) is 48.7 Å². The quantitative estimate of drug-likeness (QED) is 0.828. The smallest absolute Gasteiger partial charge is 0.0521 e. The standard InChI is InChI=1S/C13H26N2OS/c1-10-6-15(7-11(2)17-10)8-12-9-16-5-4-13(12)14-3/h10-14H,4-9H2,1-3H3. The van der Waals surface area contributed by atoms with E-state index < -0.39 is 0 Å². The molecule has 0 spiro atoms. The zero-order chi connectivity index (χ0) is 12.3. The summed E-state index contributed by atoms with van der Waals surface area (Å²) in [4.78, 5) is 2.63. The highest BCUT2D eigenvalue weighted by atomic mass is 32.2. The van der Waals surface area contributed by atoms with Crippen molar-refractivity contribution in [2.75, 3.05) is 39.9 Å². The first kappa shape index (κ1) is 13.7. The first-order valence-electron chi connectivity index (χ1n) is 6.82. The molecule has 0 aliphatic carbocycles. The molecule has 3 nitrogen and oxygen atoms in total. The Labute approximate surface area is 110 Å². The summed E-state index contributed by atoms with van der Waals surface area (Å²) in [6, 6.07) is 0.643. The van der Waals surface area contributed by atoms with Crippen molar-refractivity contribution < 1.29 is 4.74 Å². The van der Waals surface area contributed by atoms with Crippen LogP contribution in [-0.2, 0) is 4.74 Å². The zero-order valence-electron chi connectivity index (χ0n) is 11.3. The van der Waals surface area contributed by atoms with Gasteiger partial charge in [-0.2, -0.15) is 11.8 Å². The maximum absolute atomic E-state index is 5.64. The van der Waals surface area contributed by atoms with E-state index in [1.165, 1.54) is 19.6 Å². The second-order valence-electron chi connectivity index (χ2n) is 5.49. The molecule has 2 rings (SSSR count). The van der Waals surface area contributed by atoms with Crippen molar-refractivity contribution in [3.05, 3.63) is 0 Å². The van der Waals surface area contributed by atoms with E-state index in [2.05, 4.69) is 42.9 Å². The van der Waals surface area contributed by atoms with Crippen LogP contribution in [0.5, 0.6) is 0 Å². The van der Waals surface area contributed by atoms with Gasteiger partial charge in [0.15, 0.2) is 0 Å². The van der Waals surface area contributed by atoms with Gasteiger partial charge in [-0.15, -0.1) is 0 Å². The van der Waals surface area contributed by atoms with E-state index in [9.17, 15) is 0 Å². The monoisotopic (exact) mass is 258 g/mol. The summed E-state index contributed by atoms with van der Waals surface area (Å²) in [7, 11) is 2.08. The van der Waals surface area contributed by atoms with E-state index in [0.29, 0.717) is 12.0 Å². The Kier molecular flexibility index (Phi) is 5.15. The molecule has 17 heavy (non-hydrogen) atoms. The number of nitrogens with one attached hydrogen (secondary N) is 1. The van der Waals surface area contributed by atoms with Gasteiger partial charge in [0.2, 0.25) is 0 Å². The highest BCUT2D eigenvalue weighted by Crippen LogP contribution is 2.26. The van der Waals surface area contributed by atoms with E-state index in [1.807, 2.05) is 0 Å². The molecule has 4 atom stereocenters. The van der Waals surface area contributed by atoms with Gasteiger partial charge in [0.05, 0.1) is 6.61 Å². The van der Waals surface area contributed by atoms with Crippen LogP contribution in [0.3, 0.4) is 0 Å². The Morgan fingerprint density at radius 1 is 1.29 bits per heavy atom. The highest BCUT2D eigenvalue weighted by Gasteiger charge is 2.29. The molecule has 2 aliphatic heterocycles. The Morgan fingerprint density at radius 2 is 2.00 bits per heavy atom. The van der Waals surface area contributed by atoms with Crippen LogP contribution in [-0.4, -0.2) is 61.3 Å². The molecule has 4 heteroatoms. The minimum atomic E-state index is 0.643. The maximum Gasteiger partial charge on any atom is 0.0521 e. The zero-order valence-corrected chi connectivity index (χ0v) is 12.1. The van der Waals surface area contributed by atoms with Crippen LogP contribution in [0.25, 0.3) is 0 Å². The lowest BCUT2D eigenvalue weighted by Crippen LogP contribution is -2.50. The van der Waals surface area contributed by atoms with Gasteiger partial charge in [0.1, 0.15) is 0 Å². The predicted molar refractivity (Wildman–Crippen MR) is 74.7 cm³/mol. The molecule has 0 aromatic heterocycles. The average Bonchev–Trinajstić information content (AvgIpc) is 2.28. The third-order valence-electron chi connectivity index (χ3n) is 3.83. The van der Waals surface area contributed by atoms with E-state index in [-0.39, 0.29) is 0 Å². The fourth-order valence-electron chi connectivity index (χ4n) is 3.12. The number of ether oxygens (including phenoxy) is 1. The molecule has 2 aliphatic rings. The molecule has 0 bridgehead atoms. The highest BCUT2D eigenvalue weighted by molar-refractivity contribution is 8.00. The van der Waals surface area contributed by atoms with Crippen molar-refractivity contribution in [1.29, 1.82) is 0 Å². The van der Waals surface area contributed by atoms with E-state index in [4.69, 9.17) is 4.74 Å². The number of hydrogen-bond acceptors (Lipinski definition) is 4. The van der Waals surface area contributed by atoms with Crippen LogP contribution in [0, 0.1) is 5.92 Å². The summed E-state index contributed by atoms with van der Waals surface area (Å²) >= 11 is 2.12. The molecule has 100 valence electrons. The molecule has 2 saturated heterocycles. The van der Waals surface area contributed by atoms with Gasteiger partial charge in [-0.05, 0) is 13.5 Å². The molecule has 0 aromatic carbocycles. The van der Waals surface area contributed by atoms with Gasteiger partial charge in [-0.25, -0.2) is 0 Å². The van der Waals surface area contributed by atoms with Gasteiger partial charge >= 0.3 is 0 Å².